The largest absolute Gasteiger partial charge is 0.377 e. The summed E-state index contributed by atoms with van der Waals surface area (Å²) in [5.41, 5.74) is 0. The number of fused-ring (bicyclic) bond motifs is 2. The molecule has 6 heteroatoms. The summed E-state index contributed by atoms with van der Waals surface area (Å²) in [4.78, 5) is 6.94. The first kappa shape index (κ1) is 18.5. The monoisotopic (exact) mass is 326 g/mol. The standard InChI is InChI=1S/C17H34N4O2/c1-5-18-17(20-15-11-13-7-8-16(15)23-13)19-12-14(22-6-2)9-10-21(3)4/h13-16H,5-12H2,1-4H3,(H2,18,19,20). The van der Waals surface area contributed by atoms with Crippen LogP contribution in [-0.2, 0) is 9.47 Å². The molecular weight excluding hydrogens is 292 g/mol. The fraction of sp³-hybridized carbons (Fsp3) is 0.941. The molecule has 0 amide bonds. The van der Waals surface area contributed by atoms with Crippen LogP contribution >= 0.6 is 0 Å². The average molecular weight is 326 g/mol. The van der Waals surface area contributed by atoms with Crippen LogP contribution in [0.15, 0.2) is 4.99 Å². The Labute approximate surface area is 141 Å². The summed E-state index contributed by atoms with van der Waals surface area (Å²) in [5, 5.41) is 6.91. The first-order chi connectivity index (χ1) is 11.1. The van der Waals surface area contributed by atoms with Gasteiger partial charge in [-0.3, -0.25) is 4.99 Å². The molecule has 2 rings (SSSR count). The SMILES string of the molecule is CCNC(=NCC(CCN(C)C)OCC)NC1CC2CCC1O2. The van der Waals surface area contributed by atoms with Crippen LogP contribution in [0.1, 0.15) is 39.5 Å². The highest BCUT2D eigenvalue weighted by Crippen LogP contribution is 2.34. The molecule has 4 unspecified atom stereocenters. The Hall–Kier alpha value is -0.850. The summed E-state index contributed by atoms with van der Waals surface area (Å²) in [7, 11) is 4.18. The Morgan fingerprint density at radius 1 is 1.35 bits per heavy atom. The van der Waals surface area contributed by atoms with E-state index in [1.54, 1.807) is 0 Å². The molecule has 0 radical (unpaired) electrons. The molecule has 23 heavy (non-hydrogen) atoms. The van der Waals surface area contributed by atoms with Gasteiger partial charge >= 0.3 is 0 Å². The lowest BCUT2D eigenvalue weighted by Gasteiger charge is -2.23. The van der Waals surface area contributed by atoms with Crippen LogP contribution in [0.3, 0.4) is 0 Å². The van der Waals surface area contributed by atoms with Gasteiger partial charge < -0.3 is 25.0 Å². The summed E-state index contributed by atoms with van der Waals surface area (Å²) < 4.78 is 11.7. The molecule has 2 aliphatic rings. The molecule has 0 aliphatic carbocycles. The van der Waals surface area contributed by atoms with Crippen molar-refractivity contribution < 1.29 is 9.47 Å². The summed E-state index contributed by atoms with van der Waals surface area (Å²) in [6, 6.07) is 0.402. The molecule has 0 aromatic rings. The number of rotatable bonds is 9. The van der Waals surface area contributed by atoms with Crippen molar-refractivity contribution in [2.45, 2.75) is 63.9 Å². The van der Waals surface area contributed by atoms with Crippen molar-refractivity contribution in [2.24, 2.45) is 4.99 Å². The second-order valence-corrected chi connectivity index (χ2v) is 6.75. The highest BCUT2D eigenvalue weighted by atomic mass is 16.5. The minimum atomic E-state index is 0.175. The molecule has 2 bridgehead atoms. The highest BCUT2D eigenvalue weighted by molar-refractivity contribution is 5.80. The minimum Gasteiger partial charge on any atom is -0.377 e. The lowest BCUT2D eigenvalue weighted by atomic mass is 9.96. The van der Waals surface area contributed by atoms with Crippen molar-refractivity contribution in [2.75, 3.05) is 40.3 Å². The second kappa shape index (κ2) is 9.45. The van der Waals surface area contributed by atoms with Gasteiger partial charge in [0.05, 0.1) is 30.9 Å². The molecule has 2 saturated heterocycles. The molecule has 2 fully saturated rings. The van der Waals surface area contributed by atoms with Crippen LogP contribution < -0.4 is 10.6 Å². The Morgan fingerprint density at radius 2 is 2.17 bits per heavy atom. The summed E-state index contributed by atoms with van der Waals surface area (Å²) in [5.74, 6) is 0.892. The number of nitrogens with one attached hydrogen (secondary N) is 2. The molecule has 6 nitrogen and oxygen atoms in total. The van der Waals surface area contributed by atoms with Crippen LogP contribution in [0.5, 0.6) is 0 Å². The lowest BCUT2D eigenvalue weighted by Crippen LogP contribution is -2.47. The Balaban J connectivity index is 1.85. The molecule has 4 atom stereocenters. The van der Waals surface area contributed by atoms with E-state index in [1.165, 1.54) is 12.8 Å². The van der Waals surface area contributed by atoms with E-state index in [4.69, 9.17) is 14.5 Å². The van der Waals surface area contributed by atoms with Gasteiger partial charge in [0.25, 0.3) is 0 Å². The highest BCUT2D eigenvalue weighted by Gasteiger charge is 2.41. The number of guanidine groups is 1. The van der Waals surface area contributed by atoms with E-state index >= 15 is 0 Å². The first-order valence-electron chi connectivity index (χ1n) is 9.09. The van der Waals surface area contributed by atoms with E-state index in [1.807, 2.05) is 6.92 Å². The first-order valence-corrected chi connectivity index (χ1v) is 9.09. The van der Waals surface area contributed by atoms with E-state index < -0.39 is 0 Å². The van der Waals surface area contributed by atoms with Gasteiger partial charge in [-0.25, -0.2) is 0 Å². The predicted molar refractivity (Wildman–Crippen MR) is 94.0 cm³/mol. The zero-order chi connectivity index (χ0) is 16.7. The number of nitrogens with zero attached hydrogens (tertiary/aromatic N) is 2. The molecular formula is C17H34N4O2. The zero-order valence-corrected chi connectivity index (χ0v) is 15.2. The summed E-state index contributed by atoms with van der Waals surface area (Å²) >= 11 is 0. The van der Waals surface area contributed by atoms with Crippen molar-refractivity contribution >= 4 is 5.96 Å². The Morgan fingerprint density at radius 3 is 2.74 bits per heavy atom. The topological polar surface area (TPSA) is 58.1 Å². The molecule has 2 N–H and O–H groups in total. The maximum Gasteiger partial charge on any atom is 0.191 e. The fourth-order valence-electron chi connectivity index (χ4n) is 3.34. The van der Waals surface area contributed by atoms with Crippen molar-refractivity contribution in [3.63, 3.8) is 0 Å². The molecule has 0 saturated carbocycles. The van der Waals surface area contributed by atoms with E-state index in [0.717, 1.165) is 38.5 Å². The third-order valence-electron chi connectivity index (χ3n) is 4.53. The third-order valence-corrected chi connectivity index (χ3v) is 4.53. The van der Waals surface area contributed by atoms with E-state index in [9.17, 15) is 0 Å². The average Bonchev–Trinajstić information content (AvgIpc) is 3.12. The molecule has 0 aromatic heterocycles. The van der Waals surface area contributed by atoms with Gasteiger partial charge in [-0.2, -0.15) is 0 Å². The van der Waals surface area contributed by atoms with Crippen LogP contribution in [0.25, 0.3) is 0 Å². The van der Waals surface area contributed by atoms with Crippen molar-refractivity contribution in [1.29, 1.82) is 0 Å². The normalized spacial score (nSPS) is 28.4. The number of ether oxygens (including phenoxy) is 2. The lowest BCUT2D eigenvalue weighted by molar-refractivity contribution is 0.0582. The van der Waals surface area contributed by atoms with Gasteiger partial charge in [-0.05, 0) is 53.6 Å². The van der Waals surface area contributed by atoms with Crippen LogP contribution in [-0.4, -0.2) is 75.5 Å². The molecule has 0 spiro atoms. The smallest absolute Gasteiger partial charge is 0.191 e. The quantitative estimate of drug-likeness (QED) is 0.493. The fourth-order valence-corrected chi connectivity index (χ4v) is 3.34. The van der Waals surface area contributed by atoms with Crippen molar-refractivity contribution in [1.82, 2.24) is 15.5 Å². The van der Waals surface area contributed by atoms with Gasteiger partial charge in [-0.1, -0.05) is 0 Å². The van der Waals surface area contributed by atoms with Crippen molar-refractivity contribution in [3.8, 4) is 0 Å². The van der Waals surface area contributed by atoms with E-state index in [2.05, 4.69) is 36.6 Å². The second-order valence-electron chi connectivity index (χ2n) is 6.75. The van der Waals surface area contributed by atoms with Gasteiger partial charge in [0.15, 0.2) is 5.96 Å². The van der Waals surface area contributed by atoms with Gasteiger partial charge in [0.1, 0.15) is 0 Å². The number of hydrogen-bond donors (Lipinski definition) is 2. The Kier molecular flexibility index (Phi) is 7.59. The van der Waals surface area contributed by atoms with E-state index in [0.29, 0.717) is 24.8 Å². The maximum absolute atomic E-state index is 5.92. The van der Waals surface area contributed by atoms with Gasteiger partial charge in [0.2, 0.25) is 0 Å². The third kappa shape index (κ3) is 5.94. The predicted octanol–water partition coefficient (Wildman–Crippen LogP) is 1.22. The molecule has 0 aromatic carbocycles. The molecule has 134 valence electrons. The minimum absolute atomic E-state index is 0.175. The maximum atomic E-state index is 5.92. The molecule has 2 aliphatic heterocycles. The van der Waals surface area contributed by atoms with Crippen LogP contribution in [0.2, 0.25) is 0 Å². The summed E-state index contributed by atoms with van der Waals surface area (Å²) in [6.45, 7) is 7.45. The molecule has 2 heterocycles. The van der Waals surface area contributed by atoms with Crippen LogP contribution in [0, 0.1) is 0 Å². The number of aliphatic imine (C=N–C) groups is 1. The van der Waals surface area contributed by atoms with Gasteiger partial charge in [0, 0.05) is 19.7 Å². The zero-order valence-electron chi connectivity index (χ0n) is 15.2. The summed E-state index contributed by atoms with van der Waals surface area (Å²) in [6.07, 6.45) is 5.48. The van der Waals surface area contributed by atoms with Crippen LogP contribution in [0.4, 0.5) is 0 Å². The Bertz CT molecular complexity index is 376. The van der Waals surface area contributed by atoms with E-state index in [-0.39, 0.29) is 6.10 Å². The van der Waals surface area contributed by atoms with Crippen molar-refractivity contribution in [3.05, 3.63) is 0 Å². The van der Waals surface area contributed by atoms with Gasteiger partial charge in [-0.15, -0.1) is 0 Å². The number of hydrogen-bond acceptors (Lipinski definition) is 4.